The molecule has 21 heavy (non-hydrogen) atoms. The van der Waals surface area contributed by atoms with Crippen molar-refractivity contribution in [3.05, 3.63) is 29.3 Å². The summed E-state index contributed by atoms with van der Waals surface area (Å²) in [6.07, 6.45) is 4.06. The third kappa shape index (κ3) is 4.18. The van der Waals surface area contributed by atoms with Crippen LogP contribution in [0.2, 0.25) is 0 Å². The summed E-state index contributed by atoms with van der Waals surface area (Å²) in [5.74, 6) is 2.47. The minimum absolute atomic E-state index is 0.723. The number of nitrogens with one attached hydrogen (secondary N) is 2. The van der Waals surface area contributed by atoms with Gasteiger partial charge < -0.3 is 10.6 Å². The predicted molar refractivity (Wildman–Crippen MR) is 85.5 cm³/mol. The average Bonchev–Trinajstić information content (AvgIpc) is 2.82. The van der Waals surface area contributed by atoms with Crippen molar-refractivity contribution in [3.8, 4) is 0 Å². The summed E-state index contributed by atoms with van der Waals surface area (Å²) in [5, 5.41) is 11.1. The Morgan fingerprint density at radius 1 is 1.14 bits per heavy atom. The van der Waals surface area contributed by atoms with E-state index in [1.54, 1.807) is 0 Å². The van der Waals surface area contributed by atoms with Crippen LogP contribution < -0.4 is 10.6 Å². The van der Waals surface area contributed by atoms with E-state index in [1.165, 1.54) is 5.56 Å². The molecule has 6 nitrogen and oxygen atoms in total. The summed E-state index contributed by atoms with van der Waals surface area (Å²) in [6, 6.07) is 1.95. The zero-order valence-electron chi connectivity index (χ0n) is 13.3. The largest absolute Gasteiger partial charge is 0.370 e. The first-order valence-corrected chi connectivity index (χ1v) is 7.47. The van der Waals surface area contributed by atoms with Gasteiger partial charge >= 0.3 is 0 Å². The molecule has 0 saturated heterocycles. The van der Waals surface area contributed by atoms with E-state index in [1.807, 2.05) is 24.7 Å². The molecule has 2 heterocycles. The van der Waals surface area contributed by atoms with Gasteiger partial charge in [0.05, 0.1) is 5.69 Å². The van der Waals surface area contributed by atoms with E-state index in [0.29, 0.717) is 0 Å². The maximum atomic E-state index is 4.45. The van der Waals surface area contributed by atoms with E-state index in [0.717, 1.165) is 49.1 Å². The molecule has 0 atom stereocenters. The van der Waals surface area contributed by atoms with Crippen molar-refractivity contribution in [1.82, 2.24) is 19.7 Å². The van der Waals surface area contributed by atoms with Crippen molar-refractivity contribution in [2.45, 2.75) is 40.2 Å². The van der Waals surface area contributed by atoms with Crippen LogP contribution in [-0.2, 0) is 20.0 Å². The predicted octanol–water partition coefficient (Wildman–Crippen LogP) is 2.51. The molecule has 0 unspecified atom stereocenters. The SMILES string of the molecule is CCCNc1cc(NCc2cn(C)nc2CC)nc(C)n1. The molecule has 0 radical (unpaired) electrons. The van der Waals surface area contributed by atoms with Crippen molar-refractivity contribution in [2.24, 2.45) is 7.05 Å². The first kappa shape index (κ1) is 15.3. The van der Waals surface area contributed by atoms with E-state index >= 15 is 0 Å². The number of nitrogens with zero attached hydrogens (tertiary/aromatic N) is 4. The van der Waals surface area contributed by atoms with Crippen LogP contribution in [0.3, 0.4) is 0 Å². The molecule has 114 valence electrons. The van der Waals surface area contributed by atoms with Gasteiger partial charge in [0.25, 0.3) is 0 Å². The molecule has 6 heteroatoms. The maximum Gasteiger partial charge on any atom is 0.132 e. The molecule has 0 amide bonds. The molecular weight excluding hydrogens is 264 g/mol. The zero-order valence-corrected chi connectivity index (χ0v) is 13.3. The summed E-state index contributed by atoms with van der Waals surface area (Å²) in [5.41, 5.74) is 2.33. The van der Waals surface area contributed by atoms with Gasteiger partial charge in [-0.1, -0.05) is 13.8 Å². The Morgan fingerprint density at radius 3 is 2.52 bits per heavy atom. The van der Waals surface area contributed by atoms with E-state index < -0.39 is 0 Å². The summed E-state index contributed by atoms with van der Waals surface area (Å²) in [6.45, 7) is 7.80. The Morgan fingerprint density at radius 2 is 1.86 bits per heavy atom. The quantitative estimate of drug-likeness (QED) is 0.819. The van der Waals surface area contributed by atoms with Crippen LogP contribution in [0.4, 0.5) is 11.6 Å². The van der Waals surface area contributed by atoms with E-state index in [9.17, 15) is 0 Å². The minimum Gasteiger partial charge on any atom is -0.370 e. The van der Waals surface area contributed by atoms with Gasteiger partial charge in [0.2, 0.25) is 0 Å². The number of aromatic nitrogens is 4. The summed E-state index contributed by atoms with van der Waals surface area (Å²) >= 11 is 0. The first-order valence-electron chi connectivity index (χ1n) is 7.47. The number of hydrogen-bond acceptors (Lipinski definition) is 5. The molecule has 0 spiro atoms. The van der Waals surface area contributed by atoms with Crippen LogP contribution in [0, 0.1) is 6.92 Å². The van der Waals surface area contributed by atoms with Gasteiger partial charge in [-0.3, -0.25) is 4.68 Å². The molecule has 2 aromatic rings. The summed E-state index contributed by atoms with van der Waals surface area (Å²) in [7, 11) is 1.95. The van der Waals surface area contributed by atoms with Gasteiger partial charge in [-0.15, -0.1) is 0 Å². The Hall–Kier alpha value is -2.11. The molecular formula is C15H24N6. The number of rotatable bonds is 7. The second kappa shape index (κ2) is 7.06. The molecule has 2 rings (SSSR count). The molecule has 2 N–H and O–H groups in total. The van der Waals surface area contributed by atoms with Gasteiger partial charge in [0.15, 0.2) is 0 Å². The maximum absolute atomic E-state index is 4.45. The molecule has 0 fully saturated rings. The van der Waals surface area contributed by atoms with Crippen LogP contribution in [0.15, 0.2) is 12.3 Å². The van der Waals surface area contributed by atoms with E-state index in [4.69, 9.17) is 0 Å². The van der Waals surface area contributed by atoms with E-state index in [-0.39, 0.29) is 0 Å². The van der Waals surface area contributed by atoms with Gasteiger partial charge in [-0.05, 0) is 19.8 Å². The fourth-order valence-corrected chi connectivity index (χ4v) is 2.22. The van der Waals surface area contributed by atoms with Crippen molar-refractivity contribution in [2.75, 3.05) is 17.2 Å². The Balaban J connectivity index is 2.06. The van der Waals surface area contributed by atoms with Crippen LogP contribution >= 0.6 is 0 Å². The molecule has 2 aromatic heterocycles. The zero-order chi connectivity index (χ0) is 15.2. The van der Waals surface area contributed by atoms with Gasteiger partial charge in [-0.25, -0.2) is 9.97 Å². The average molecular weight is 288 g/mol. The second-order valence-corrected chi connectivity index (χ2v) is 5.09. The Bertz CT molecular complexity index is 590. The highest BCUT2D eigenvalue weighted by molar-refractivity contribution is 5.47. The lowest BCUT2D eigenvalue weighted by molar-refractivity contribution is 0.746. The van der Waals surface area contributed by atoms with Gasteiger partial charge in [0.1, 0.15) is 17.5 Å². The highest BCUT2D eigenvalue weighted by atomic mass is 15.3. The molecule has 0 aliphatic carbocycles. The Kier molecular flexibility index (Phi) is 5.14. The topological polar surface area (TPSA) is 67.7 Å². The van der Waals surface area contributed by atoms with Crippen LogP contribution in [-0.4, -0.2) is 26.3 Å². The van der Waals surface area contributed by atoms with Gasteiger partial charge in [0, 0.05) is 38.0 Å². The van der Waals surface area contributed by atoms with Crippen molar-refractivity contribution < 1.29 is 0 Å². The Labute approximate surface area is 126 Å². The molecule has 0 aliphatic rings. The third-order valence-corrected chi connectivity index (χ3v) is 3.18. The number of anilines is 2. The number of aryl methyl sites for hydroxylation is 3. The van der Waals surface area contributed by atoms with Crippen molar-refractivity contribution in [3.63, 3.8) is 0 Å². The van der Waals surface area contributed by atoms with E-state index in [2.05, 4.69) is 45.7 Å². The second-order valence-electron chi connectivity index (χ2n) is 5.09. The third-order valence-electron chi connectivity index (χ3n) is 3.18. The van der Waals surface area contributed by atoms with Crippen LogP contribution in [0.25, 0.3) is 0 Å². The fraction of sp³-hybridized carbons (Fsp3) is 0.533. The standard InChI is InChI=1S/C15H24N6/c1-5-7-16-14-8-15(19-11(3)18-14)17-9-12-10-21(4)20-13(12)6-2/h8,10H,5-7,9H2,1-4H3,(H2,16,17,18,19). The number of hydrogen-bond donors (Lipinski definition) is 2. The fourth-order valence-electron chi connectivity index (χ4n) is 2.22. The molecule has 0 aliphatic heterocycles. The van der Waals surface area contributed by atoms with Crippen LogP contribution in [0.5, 0.6) is 0 Å². The highest BCUT2D eigenvalue weighted by Gasteiger charge is 2.07. The lowest BCUT2D eigenvalue weighted by atomic mass is 10.2. The normalized spacial score (nSPS) is 10.7. The molecule has 0 bridgehead atoms. The summed E-state index contributed by atoms with van der Waals surface area (Å²) in [4.78, 5) is 8.82. The smallest absolute Gasteiger partial charge is 0.132 e. The molecule has 0 aromatic carbocycles. The van der Waals surface area contributed by atoms with Crippen molar-refractivity contribution in [1.29, 1.82) is 0 Å². The summed E-state index contributed by atoms with van der Waals surface area (Å²) < 4.78 is 1.86. The first-order chi connectivity index (χ1) is 10.1. The lowest BCUT2D eigenvalue weighted by Gasteiger charge is -2.09. The molecule has 0 saturated carbocycles. The highest BCUT2D eigenvalue weighted by Crippen LogP contribution is 2.14. The van der Waals surface area contributed by atoms with Crippen molar-refractivity contribution >= 4 is 11.6 Å². The lowest BCUT2D eigenvalue weighted by Crippen LogP contribution is -2.08. The van der Waals surface area contributed by atoms with Crippen LogP contribution in [0.1, 0.15) is 37.4 Å². The van der Waals surface area contributed by atoms with Gasteiger partial charge in [-0.2, -0.15) is 5.10 Å². The minimum atomic E-state index is 0.723. The monoisotopic (exact) mass is 288 g/mol.